The second kappa shape index (κ2) is 21.9. The SMILES string of the molecule is C.CCC(=O)NC.CCC(=O)O.[I][V]([I])[I]. The number of carbonyl (C=O) groups is 2. The molecule has 8 heteroatoms. The van der Waals surface area contributed by atoms with Crippen LogP contribution in [0.25, 0.3) is 0 Å². The predicted molar refractivity (Wildman–Crippen MR) is 91.1 cm³/mol. The molecule has 0 bridgehead atoms. The van der Waals surface area contributed by atoms with Crippen LogP contribution in [0, 0.1) is 0 Å². The Hall–Kier alpha value is 1.71. The summed E-state index contributed by atoms with van der Waals surface area (Å²) in [5.74, 6) is -0.653. The molecule has 0 aliphatic rings. The van der Waals surface area contributed by atoms with E-state index in [0.29, 0.717) is 6.42 Å². The van der Waals surface area contributed by atoms with Crippen LogP contribution in [0.3, 0.4) is 0 Å². The van der Waals surface area contributed by atoms with E-state index in [1.807, 2.05) is 6.92 Å². The zero-order valence-corrected chi connectivity index (χ0v) is 16.6. The average Bonchev–Trinajstić information content (AvgIpc) is 2.16. The Bertz CT molecular complexity index is 162. The van der Waals surface area contributed by atoms with Gasteiger partial charge in [0.15, 0.2) is 0 Å². The standard InChI is InChI=1S/C4H9NO.C3H6O2.CH4.3HI.V/c1-3-4(6)5-2;1-2-3(4)5;;;;;/h3H2,1-2H3,(H,5,6);2H2,1H3,(H,4,5);1H4;3*1H;/q;;;;;;+3/p-3. The molecule has 0 spiro atoms. The first-order valence-electron chi connectivity index (χ1n) is 4.01. The maximum absolute atomic E-state index is 10.1. The zero-order chi connectivity index (χ0) is 12.9. The van der Waals surface area contributed by atoms with E-state index < -0.39 is 5.97 Å². The Kier molecular flexibility index (Phi) is 36.1. The molecule has 4 nitrogen and oxygen atoms in total. The van der Waals surface area contributed by atoms with Gasteiger partial charge in [0.25, 0.3) is 0 Å². The van der Waals surface area contributed by atoms with Gasteiger partial charge < -0.3 is 10.4 Å². The number of carbonyl (C=O) groups excluding carboxylic acids is 1. The summed E-state index contributed by atoms with van der Waals surface area (Å²) in [4.78, 5) is 19.2. The molecule has 0 aromatic carbocycles. The van der Waals surface area contributed by atoms with Crippen LogP contribution in [0.5, 0.6) is 0 Å². The molecule has 1 amide bonds. The van der Waals surface area contributed by atoms with Crippen LogP contribution in [0.2, 0.25) is 0 Å². The molecule has 100 valence electrons. The van der Waals surface area contributed by atoms with Crippen LogP contribution in [0.4, 0.5) is 0 Å². The quantitative estimate of drug-likeness (QED) is 0.468. The van der Waals surface area contributed by atoms with Crippen molar-refractivity contribution in [2.24, 2.45) is 0 Å². The van der Waals surface area contributed by atoms with Gasteiger partial charge in [-0.05, 0) is 0 Å². The first-order valence-corrected chi connectivity index (χ1v) is 17.5. The van der Waals surface area contributed by atoms with Gasteiger partial charge in [-0.15, -0.1) is 0 Å². The summed E-state index contributed by atoms with van der Waals surface area (Å²) in [6, 6.07) is 0. The number of nitrogens with one attached hydrogen (secondary N) is 1. The van der Waals surface area contributed by atoms with E-state index in [2.05, 4.69) is 65.3 Å². The molecule has 0 aliphatic carbocycles. The van der Waals surface area contributed by atoms with Crippen LogP contribution in [0.15, 0.2) is 0 Å². The Morgan fingerprint density at radius 3 is 1.44 bits per heavy atom. The minimum atomic E-state index is -0.745. The third kappa shape index (κ3) is 57.2. The molecule has 16 heavy (non-hydrogen) atoms. The van der Waals surface area contributed by atoms with E-state index in [9.17, 15) is 9.59 Å². The summed E-state index contributed by atoms with van der Waals surface area (Å²) >= 11 is 7.39. The zero-order valence-electron chi connectivity index (χ0n) is 8.76. The molecule has 0 radical (unpaired) electrons. The van der Waals surface area contributed by atoms with Gasteiger partial charge in [-0.3, -0.25) is 9.59 Å². The number of hydrogen-bond acceptors (Lipinski definition) is 2. The topological polar surface area (TPSA) is 66.4 Å². The van der Waals surface area contributed by atoms with Crippen molar-refractivity contribution in [3.63, 3.8) is 0 Å². The molecule has 0 aromatic rings. The van der Waals surface area contributed by atoms with E-state index in [0.717, 1.165) is 0 Å². The predicted octanol–water partition coefficient (Wildman–Crippen LogP) is 3.91. The Labute approximate surface area is 136 Å². The van der Waals surface area contributed by atoms with Gasteiger partial charge in [0.1, 0.15) is 0 Å². The third-order valence-electron chi connectivity index (χ3n) is 0.902. The fourth-order valence-corrected chi connectivity index (χ4v) is 0.177. The summed E-state index contributed by atoms with van der Waals surface area (Å²) in [7, 11) is 1.63. The summed E-state index contributed by atoms with van der Waals surface area (Å²) in [6.45, 7) is 3.42. The fourth-order valence-electron chi connectivity index (χ4n) is 0.177. The number of amides is 1. The van der Waals surface area contributed by atoms with Gasteiger partial charge in [0.2, 0.25) is 5.91 Å². The average molecular weight is 609 g/mol. The number of halogens is 3. The number of carboxylic acids is 1. The van der Waals surface area contributed by atoms with Crippen LogP contribution >= 0.6 is 59.9 Å². The van der Waals surface area contributed by atoms with E-state index in [1.165, 1.54) is 0 Å². The monoisotopic (exact) mass is 609 g/mol. The van der Waals surface area contributed by atoms with E-state index >= 15 is 0 Å². The molecule has 0 fully saturated rings. The number of rotatable bonds is 2. The normalized spacial score (nSPS) is 7.44. The van der Waals surface area contributed by atoms with Crippen molar-refractivity contribution in [1.82, 2.24) is 5.32 Å². The second-order valence-corrected chi connectivity index (χ2v) is 37.3. The van der Waals surface area contributed by atoms with E-state index in [-0.39, 0.29) is 24.7 Å². The van der Waals surface area contributed by atoms with Gasteiger partial charge in [0, 0.05) is 19.9 Å². The molecule has 0 heterocycles. The molecule has 0 aliphatic heterocycles. The number of hydrogen-bond donors (Lipinski definition) is 2. The number of aliphatic carboxylic acids is 1. The maximum atomic E-state index is 10.1. The number of carboxylic acid groups (broad SMARTS) is 1. The molecule has 0 atom stereocenters. The third-order valence-corrected chi connectivity index (χ3v) is 0.902. The summed E-state index contributed by atoms with van der Waals surface area (Å²) < 4.78 is 0. The minimum absolute atomic E-state index is 0. The van der Waals surface area contributed by atoms with Crippen molar-refractivity contribution in [3.05, 3.63) is 0 Å². The van der Waals surface area contributed by atoms with Crippen molar-refractivity contribution in [2.75, 3.05) is 7.05 Å². The van der Waals surface area contributed by atoms with Crippen molar-refractivity contribution in [1.29, 1.82) is 0 Å². The van der Waals surface area contributed by atoms with Gasteiger partial charge >= 0.3 is 70.8 Å². The van der Waals surface area contributed by atoms with Gasteiger partial charge in [-0.25, -0.2) is 0 Å². The Morgan fingerprint density at radius 2 is 1.44 bits per heavy atom. The molecular weight excluding hydrogens is 590 g/mol. The van der Waals surface area contributed by atoms with E-state index in [1.54, 1.807) is 14.0 Å². The first kappa shape index (κ1) is 26.3. The van der Waals surface area contributed by atoms with Crippen molar-refractivity contribution < 1.29 is 19.6 Å². The van der Waals surface area contributed by atoms with Crippen LogP contribution in [-0.2, 0) is 14.5 Å². The Balaban J connectivity index is -0.0000000668. The van der Waals surface area contributed by atoms with Gasteiger partial charge in [0.05, 0.1) is 0 Å². The van der Waals surface area contributed by atoms with Gasteiger partial charge in [-0.1, -0.05) is 21.3 Å². The van der Waals surface area contributed by atoms with Gasteiger partial charge in [-0.2, -0.15) is 0 Å². The summed E-state index contributed by atoms with van der Waals surface area (Å²) in [6.07, 6.45) is 0.802. The first-order chi connectivity index (χ1) is 6.81. The molecule has 0 unspecified atom stereocenters. The molecule has 0 saturated carbocycles. The van der Waals surface area contributed by atoms with E-state index in [4.69, 9.17) is 5.11 Å². The van der Waals surface area contributed by atoms with Crippen LogP contribution < -0.4 is 5.32 Å². The fraction of sp³-hybridized carbons (Fsp3) is 0.750. The van der Waals surface area contributed by atoms with Crippen molar-refractivity contribution >= 4 is 71.8 Å². The molecule has 0 saturated heterocycles. The van der Waals surface area contributed by atoms with Crippen LogP contribution in [-0.4, -0.2) is 24.0 Å². The van der Waals surface area contributed by atoms with Crippen molar-refractivity contribution in [2.45, 2.75) is 34.1 Å². The molecule has 2 N–H and O–H groups in total. The molecular formula is C8H19I3NO3V. The summed E-state index contributed by atoms with van der Waals surface area (Å²) in [5, 5.41) is 10.2. The second-order valence-electron chi connectivity index (χ2n) is 1.97. The Morgan fingerprint density at radius 1 is 1.19 bits per heavy atom. The van der Waals surface area contributed by atoms with Crippen LogP contribution in [0.1, 0.15) is 34.1 Å². The molecule has 0 aromatic heterocycles. The summed E-state index contributed by atoms with van der Waals surface area (Å²) in [5.41, 5.74) is 0. The van der Waals surface area contributed by atoms with Crippen molar-refractivity contribution in [3.8, 4) is 0 Å². The molecule has 0 rings (SSSR count).